The number of anilines is 2. The van der Waals surface area contributed by atoms with Crippen LogP contribution in [-0.2, 0) is 0 Å². The maximum Gasteiger partial charge on any atom is 0.434 e. The van der Waals surface area contributed by atoms with Crippen LogP contribution in [0.25, 0.3) is 0 Å². The lowest BCUT2D eigenvalue weighted by atomic mass is 10.1. The third-order valence-corrected chi connectivity index (χ3v) is 3.55. The van der Waals surface area contributed by atoms with Gasteiger partial charge < -0.3 is 15.0 Å². The minimum atomic E-state index is -5.66. The Morgan fingerprint density at radius 2 is 1.44 bits per heavy atom. The molecule has 2 rings (SSSR count). The zero-order valence-electron chi connectivity index (χ0n) is 15.1. The number of hydrogen-bond donors (Lipinski definition) is 1. The summed E-state index contributed by atoms with van der Waals surface area (Å²) in [6.07, 6.45) is -12.7. The van der Waals surface area contributed by atoms with Gasteiger partial charge in [0.05, 0.1) is 0 Å². The standard InChI is InChI=1S/C15H21F6N5O/c1-13(2,3)25-10-22-11(26-7-5-4-6-8-26)24-12(23-10)27-9(14(16,17)18)15(19,20)21/h9H,4-8H2,1-3H3,(H,22,23,24,25). The molecule has 0 unspecified atom stereocenters. The molecular formula is C15H21F6N5O. The van der Waals surface area contributed by atoms with E-state index in [4.69, 9.17) is 0 Å². The molecular weight excluding hydrogens is 380 g/mol. The van der Waals surface area contributed by atoms with Crippen molar-refractivity contribution in [2.45, 2.75) is 64.0 Å². The average molecular weight is 401 g/mol. The number of aromatic nitrogens is 3. The fraction of sp³-hybridized carbons (Fsp3) is 0.800. The molecule has 1 aromatic heterocycles. The van der Waals surface area contributed by atoms with Crippen molar-refractivity contribution in [3.05, 3.63) is 0 Å². The number of halogens is 6. The van der Waals surface area contributed by atoms with Crippen LogP contribution >= 0.6 is 0 Å². The molecule has 0 aliphatic carbocycles. The Morgan fingerprint density at radius 3 is 1.93 bits per heavy atom. The van der Waals surface area contributed by atoms with E-state index < -0.39 is 30.0 Å². The van der Waals surface area contributed by atoms with Crippen molar-refractivity contribution in [1.29, 1.82) is 0 Å². The zero-order valence-corrected chi connectivity index (χ0v) is 15.1. The lowest BCUT2D eigenvalue weighted by Crippen LogP contribution is -2.47. The SMILES string of the molecule is CC(C)(C)Nc1nc(OC(C(F)(F)F)C(F)(F)F)nc(N2CCCCC2)n1. The summed E-state index contributed by atoms with van der Waals surface area (Å²) in [4.78, 5) is 13.1. The van der Waals surface area contributed by atoms with E-state index in [1.54, 1.807) is 25.7 Å². The van der Waals surface area contributed by atoms with E-state index >= 15 is 0 Å². The molecule has 0 amide bonds. The number of piperidine rings is 1. The predicted octanol–water partition coefficient (Wildman–Crippen LogP) is 3.94. The minimum absolute atomic E-state index is 0.0189. The first-order valence-electron chi connectivity index (χ1n) is 8.35. The van der Waals surface area contributed by atoms with Crippen molar-refractivity contribution < 1.29 is 31.1 Å². The van der Waals surface area contributed by atoms with Gasteiger partial charge in [0, 0.05) is 18.6 Å². The van der Waals surface area contributed by atoms with Gasteiger partial charge in [-0.25, -0.2) is 0 Å². The van der Waals surface area contributed by atoms with Gasteiger partial charge in [0.1, 0.15) is 0 Å². The topological polar surface area (TPSA) is 63.2 Å². The second kappa shape index (κ2) is 7.55. The van der Waals surface area contributed by atoms with Crippen LogP contribution in [0.2, 0.25) is 0 Å². The summed E-state index contributed by atoms with van der Waals surface area (Å²) >= 11 is 0. The number of alkyl halides is 6. The molecule has 2 heterocycles. The van der Waals surface area contributed by atoms with Crippen molar-refractivity contribution in [3.8, 4) is 6.01 Å². The molecule has 0 bridgehead atoms. The van der Waals surface area contributed by atoms with Crippen LogP contribution in [0.1, 0.15) is 40.0 Å². The van der Waals surface area contributed by atoms with Crippen molar-refractivity contribution in [2.24, 2.45) is 0 Å². The van der Waals surface area contributed by atoms with E-state index in [1.165, 1.54) is 0 Å². The fourth-order valence-corrected chi connectivity index (χ4v) is 2.45. The maximum absolute atomic E-state index is 12.8. The normalized spacial score (nSPS) is 16.6. The zero-order chi connectivity index (χ0) is 20.5. The summed E-state index contributed by atoms with van der Waals surface area (Å²) in [5, 5.41) is 2.82. The van der Waals surface area contributed by atoms with Crippen LogP contribution in [0.4, 0.5) is 38.2 Å². The Hall–Kier alpha value is -2.01. The number of nitrogens with one attached hydrogen (secondary N) is 1. The third-order valence-electron chi connectivity index (χ3n) is 3.55. The van der Waals surface area contributed by atoms with E-state index in [0.29, 0.717) is 13.1 Å². The molecule has 0 spiro atoms. The highest BCUT2D eigenvalue weighted by Gasteiger charge is 2.59. The third kappa shape index (κ3) is 6.28. The number of ether oxygens (including phenoxy) is 1. The van der Waals surface area contributed by atoms with Gasteiger partial charge in [-0.2, -0.15) is 41.3 Å². The van der Waals surface area contributed by atoms with Crippen LogP contribution in [0, 0.1) is 0 Å². The summed E-state index contributed by atoms with van der Waals surface area (Å²) in [5.74, 6) is -0.175. The summed E-state index contributed by atoms with van der Waals surface area (Å²) < 4.78 is 80.9. The Balaban J connectivity index is 2.39. The molecule has 0 atom stereocenters. The second-order valence-electron chi connectivity index (χ2n) is 7.25. The Bertz CT molecular complexity index is 623. The molecule has 12 heteroatoms. The van der Waals surface area contributed by atoms with Crippen LogP contribution in [0.3, 0.4) is 0 Å². The quantitative estimate of drug-likeness (QED) is 0.771. The molecule has 1 aliphatic heterocycles. The van der Waals surface area contributed by atoms with Gasteiger partial charge in [-0.3, -0.25) is 0 Å². The van der Waals surface area contributed by atoms with Crippen molar-refractivity contribution in [2.75, 3.05) is 23.3 Å². The van der Waals surface area contributed by atoms with E-state index in [1.807, 2.05) is 0 Å². The van der Waals surface area contributed by atoms with Crippen LogP contribution < -0.4 is 15.0 Å². The summed E-state index contributed by atoms with van der Waals surface area (Å²) in [5.41, 5.74) is -0.578. The highest BCUT2D eigenvalue weighted by Crippen LogP contribution is 2.36. The highest BCUT2D eigenvalue weighted by atomic mass is 19.4. The molecule has 0 radical (unpaired) electrons. The Labute approximate surface area is 152 Å². The summed E-state index contributed by atoms with van der Waals surface area (Å²) in [6.45, 7) is 6.31. The Kier molecular flexibility index (Phi) is 5.95. The van der Waals surface area contributed by atoms with E-state index in [9.17, 15) is 26.3 Å². The van der Waals surface area contributed by atoms with Gasteiger partial charge in [-0.15, -0.1) is 0 Å². The Morgan fingerprint density at radius 1 is 0.889 bits per heavy atom. The predicted molar refractivity (Wildman–Crippen MR) is 85.8 cm³/mol. The molecule has 1 fully saturated rings. The lowest BCUT2D eigenvalue weighted by Gasteiger charge is -2.28. The first-order chi connectivity index (χ1) is 12.3. The molecule has 0 saturated carbocycles. The van der Waals surface area contributed by atoms with Gasteiger partial charge in [-0.1, -0.05) is 0 Å². The molecule has 27 heavy (non-hydrogen) atoms. The monoisotopic (exact) mass is 401 g/mol. The van der Waals surface area contributed by atoms with Crippen LogP contribution in [0.5, 0.6) is 6.01 Å². The van der Waals surface area contributed by atoms with Gasteiger partial charge in [0.25, 0.3) is 6.10 Å². The lowest BCUT2D eigenvalue weighted by molar-refractivity contribution is -0.301. The van der Waals surface area contributed by atoms with Crippen LogP contribution in [-0.4, -0.2) is 52.0 Å². The molecule has 1 saturated heterocycles. The first-order valence-corrected chi connectivity index (χ1v) is 8.35. The average Bonchev–Trinajstić information content (AvgIpc) is 2.49. The first kappa shape index (κ1) is 21.3. The highest BCUT2D eigenvalue weighted by molar-refractivity contribution is 5.40. The smallest absolute Gasteiger partial charge is 0.434 e. The second-order valence-corrected chi connectivity index (χ2v) is 7.25. The van der Waals surface area contributed by atoms with E-state index in [-0.39, 0.29) is 11.9 Å². The number of rotatable bonds is 4. The maximum atomic E-state index is 12.8. The van der Waals surface area contributed by atoms with Crippen molar-refractivity contribution in [3.63, 3.8) is 0 Å². The van der Waals surface area contributed by atoms with E-state index in [0.717, 1.165) is 19.3 Å². The molecule has 1 aromatic rings. The summed E-state index contributed by atoms with van der Waals surface area (Å²) in [6, 6.07) is -1.03. The largest absolute Gasteiger partial charge is 0.440 e. The van der Waals surface area contributed by atoms with Crippen molar-refractivity contribution >= 4 is 11.9 Å². The van der Waals surface area contributed by atoms with Gasteiger partial charge in [-0.05, 0) is 40.0 Å². The number of hydrogen-bond acceptors (Lipinski definition) is 6. The summed E-state index contributed by atoms with van der Waals surface area (Å²) in [7, 11) is 0. The fourth-order valence-electron chi connectivity index (χ4n) is 2.45. The van der Waals surface area contributed by atoms with Gasteiger partial charge in [0.2, 0.25) is 11.9 Å². The van der Waals surface area contributed by atoms with Crippen LogP contribution in [0.15, 0.2) is 0 Å². The minimum Gasteiger partial charge on any atom is -0.440 e. The van der Waals surface area contributed by atoms with Gasteiger partial charge in [0.15, 0.2) is 0 Å². The molecule has 154 valence electrons. The van der Waals surface area contributed by atoms with E-state index in [2.05, 4.69) is 25.0 Å². The number of nitrogens with zero attached hydrogens (tertiary/aromatic N) is 4. The molecule has 1 aliphatic rings. The van der Waals surface area contributed by atoms with Crippen molar-refractivity contribution in [1.82, 2.24) is 15.0 Å². The molecule has 1 N–H and O–H groups in total. The van der Waals surface area contributed by atoms with Gasteiger partial charge >= 0.3 is 18.4 Å². The molecule has 0 aromatic carbocycles. The molecule has 6 nitrogen and oxygen atoms in total.